The Morgan fingerprint density at radius 3 is 2.54 bits per heavy atom. The third-order valence-corrected chi connectivity index (χ3v) is 5.44. The first-order chi connectivity index (χ1) is 13.4. The fourth-order valence-electron chi connectivity index (χ4n) is 2.57. The van der Waals surface area contributed by atoms with Gasteiger partial charge in [0.25, 0.3) is 16.8 Å². The van der Waals surface area contributed by atoms with Gasteiger partial charge in [-0.25, -0.2) is 0 Å². The molecule has 0 bridgehead atoms. The summed E-state index contributed by atoms with van der Waals surface area (Å²) in [5.41, 5.74) is 1.35. The fourth-order valence-corrected chi connectivity index (χ4v) is 3.92. The molecule has 0 radical (unpaired) electrons. The molecular formula is C19H15BrN2O5S. The van der Waals surface area contributed by atoms with Crippen LogP contribution in [0, 0.1) is 10.1 Å². The van der Waals surface area contributed by atoms with E-state index in [1.807, 2.05) is 13.0 Å². The number of hydrogen-bond acceptors (Lipinski definition) is 6. The smallest absolute Gasteiger partial charge is 0.293 e. The standard InChI is InChI=1S/C19H15BrN2O5S/c1-2-27-16-8-5-13(9-15(16)20)10-17-18(23)21(19(24)28-17)11-12-3-6-14(7-4-12)22(25)26/h3-10H,2,11H2,1H3/b17-10-. The minimum Gasteiger partial charge on any atom is -0.493 e. The zero-order valence-corrected chi connectivity index (χ0v) is 17.2. The molecule has 1 saturated heterocycles. The number of amides is 2. The predicted octanol–water partition coefficient (Wildman–Crippen LogP) is 4.99. The van der Waals surface area contributed by atoms with Gasteiger partial charge in [-0.05, 0) is 64.0 Å². The van der Waals surface area contributed by atoms with E-state index in [0.29, 0.717) is 22.8 Å². The van der Waals surface area contributed by atoms with Crippen LogP contribution in [0.25, 0.3) is 6.08 Å². The molecular weight excluding hydrogens is 448 g/mol. The average Bonchev–Trinajstić information content (AvgIpc) is 2.92. The second-order valence-electron chi connectivity index (χ2n) is 5.81. The lowest BCUT2D eigenvalue weighted by molar-refractivity contribution is -0.384. The number of nitro groups is 1. The first kappa shape index (κ1) is 20.1. The molecule has 0 aromatic heterocycles. The van der Waals surface area contributed by atoms with E-state index in [4.69, 9.17) is 4.74 Å². The van der Waals surface area contributed by atoms with Crippen LogP contribution in [0.15, 0.2) is 51.8 Å². The minimum absolute atomic E-state index is 0.0427. The molecule has 2 aromatic carbocycles. The third kappa shape index (κ3) is 4.42. The van der Waals surface area contributed by atoms with Gasteiger partial charge < -0.3 is 4.74 Å². The van der Waals surface area contributed by atoms with Gasteiger partial charge in [-0.2, -0.15) is 0 Å². The van der Waals surface area contributed by atoms with E-state index in [1.54, 1.807) is 18.2 Å². The van der Waals surface area contributed by atoms with Gasteiger partial charge in [0.05, 0.1) is 27.5 Å². The number of rotatable bonds is 6. The number of benzene rings is 2. The molecule has 0 spiro atoms. The molecule has 1 aliphatic rings. The second kappa shape index (κ2) is 8.57. The summed E-state index contributed by atoms with van der Waals surface area (Å²) >= 11 is 4.29. The van der Waals surface area contributed by atoms with Crippen LogP contribution in [-0.2, 0) is 11.3 Å². The number of imide groups is 1. The summed E-state index contributed by atoms with van der Waals surface area (Å²) in [6.07, 6.45) is 1.65. The number of nitro benzene ring substituents is 1. The maximum absolute atomic E-state index is 12.6. The summed E-state index contributed by atoms with van der Waals surface area (Å²) in [5.74, 6) is 0.310. The van der Waals surface area contributed by atoms with Crippen molar-refractivity contribution >= 4 is 50.6 Å². The molecule has 0 aliphatic carbocycles. The first-order valence-electron chi connectivity index (χ1n) is 8.30. The Balaban J connectivity index is 1.76. The monoisotopic (exact) mass is 462 g/mol. The predicted molar refractivity (Wildman–Crippen MR) is 110 cm³/mol. The fraction of sp³-hybridized carbons (Fsp3) is 0.158. The van der Waals surface area contributed by atoms with Crippen molar-refractivity contribution in [1.82, 2.24) is 4.90 Å². The Hall–Kier alpha value is -2.65. The van der Waals surface area contributed by atoms with E-state index in [-0.39, 0.29) is 17.5 Å². The van der Waals surface area contributed by atoms with E-state index in [2.05, 4.69) is 15.9 Å². The van der Waals surface area contributed by atoms with E-state index in [0.717, 1.165) is 26.7 Å². The SMILES string of the molecule is CCOc1ccc(/C=C2\SC(=O)N(Cc3ccc([N+](=O)[O-])cc3)C2=O)cc1Br. The van der Waals surface area contributed by atoms with Crippen LogP contribution in [0.2, 0.25) is 0 Å². The van der Waals surface area contributed by atoms with Crippen LogP contribution in [-0.4, -0.2) is 27.6 Å². The van der Waals surface area contributed by atoms with Crippen LogP contribution in [0.3, 0.4) is 0 Å². The Kier molecular flexibility index (Phi) is 6.15. The molecule has 0 N–H and O–H groups in total. The summed E-state index contributed by atoms with van der Waals surface area (Å²) in [7, 11) is 0. The largest absolute Gasteiger partial charge is 0.493 e. The van der Waals surface area contributed by atoms with Crippen LogP contribution in [0.1, 0.15) is 18.1 Å². The molecule has 28 heavy (non-hydrogen) atoms. The van der Waals surface area contributed by atoms with Gasteiger partial charge in [0, 0.05) is 12.1 Å². The normalized spacial score (nSPS) is 15.4. The van der Waals surface area contributed by atoms with Crippen LogP contribution >= 0.6 is 27.7 Å². The van der Waals surface area contributed by atoms with Crippen LogP contribution < -0.4 is 4.74 Å². The van der Waals surface area contributed by atoms with E-state index in [1.165, 1.54) is 24.3 Å². The van der Waals surface area contributed by atoms with Gasteiger partial charge in [-0.1, -0.05) is 18.2 Å². The Bertz CT molecular complexity index is 975. The number of ether oxygens (including phenoxy) is 1. The van der Waals surface area contributed by atoms with E-state index >= 15 is 0 Å². The number of thioether (sulfide) groups is 1. The summed E-state index contributed by atoms with van der Waals surface area (Å²) < 4.78 is 6.22. The van der Waals surface area contributed by atoms with E-state index < -0.39 is 10.8 Å². The molecule has 0 unspecified atom stereocenters. The number of hydrogen-bond donors (Lipinski definition) is 0. The highest BCUT2D eigenvalue weighted by atomic mass is 79.9. The maximum atomic E-state index is 12.6. The Morgan fingerprint density at radius 2 is 1.93 bits per heavy atom. The third-order valence-electron chi connectivity index (χ3n) is 3.91. The summed E-state index contributed by atoms with van der Waals surface area (Å²) in [5, 5.41) is 10.3. The van der Waals surface area contributed by atoms with Crippen molar-refractivity contribution < 1.29 is 19.2 Å². The molecule has 2 amide bonds. The van der Waals surface area contributed by atoms with Crippen LogP contribution in [0.5, 0.6) is 5.75 Å². The van der Waals surface area contributed by atoms with Crippen LogP contribution in [0.4, 0.5) is 10.5 Å². The minimum atomic E-state index is -0.498. The molecule has 0 saturated carbocycles. The van der Waals surface area contributed by atoms with Crippen molar-refractivity contribution in [2.75, 3.05) is 6.61 Å². The van der Waals surface area contributed by atoms with E-state index in [9.17, 15) is 19.7 Å². The molecule has 1 aliphatic heterocycles. The number of non-ortho nitro benzene ring substituents is 1. The highest BCUT2D eigenvalue weighted by molar-refractivity contribution is 9.10. The maximum Gasteiger partial charge on any atom is 0.293 e. The highest BCUT2D eigenvalue weighted by Crippen LogP contribution is 2.34. The molecule has 9 heteroatoms. The van der Waals surface area contributed by atoms with Gasteiger partial charge in [0.15, 0.2) is 0 Å². The zero-order valence-electron chi connectivity index (χ0n) is 14.8. The van der Waals surface area contributed by atoms with Gasteiger partial charge >= 0.3 is 0 Å². The van der Waals surface area contributed by atoms with Crippen molar-refractivity contribution in [3.05, 3.63) is 73.1 Å². The lowest BCUT2D eigenvalue weighted by Gasteiger charge is -2.12. The molecule has 144 valence electrons. The Labute approximate surface area is 173 Å². The van der Waals surface area contributed by atoms with Gasteiger partial charge in [-0.3, -0.25) is 24.6 Å². The summed E-state index contributed by atoms with van der Waals surface area (Å²) in [6.45, 7) is 2.49. The van der Waals surface area contributed by atoms with Gasteiger partial charge in [0.2, 0.25) is 0 Å². The molecule has 0 atom stereocenters. The van der Waals surface area contributed by atoms with Gasteiger partial charge in [0.1, 0.15) is 5.75 Å². The van der Waals surface area contributed by atoms with Gasteiger partial charge in [-0.15, -0.1) is 0 Å². The molecule has 1 heterocycles. The summed E-state index contributed by atoms with van der Waals surface area (Å²) in [4.78, 5) is 36.6. The second-order valence-corrected chi connectivity index (χ2v) is 7.66. The summed E-state index contributed by atoms with van der Waals surface area (Å²) in [6, 6.07) is 11.2. The number of carbonyl (C=O) groups is 2. The highest BCUT2D eigenvalue weighted by Gasteiger charge is 2.35. The quantitative estimate of drug-likeness (QED) is 0.341. The van der Waals surface area contributed by atoms with Crippen molar-refractivity contribution in [2.24, 2.45) is 0 Å². The number of halogens is 1. The molecule has 3 rings (SSSR count). The van der Waals surface area contributed by atoms with Crippen molar-refractivity contribution in [2.45, 2.75) is 13.5 Å². The topological polar surface area (TPSA) is 89.8 Å². The zero-order chi connectivity index (χ0) is 20.3. The molecule has 2 aromatic rings. The molecule has 1 fully saturated rings. The Morgan fingerprint density at radius 1 is 1.21 bits per heavy atom. The first-order valence-corrected chi connectivity index (χ1v) is 9.91. The number of carbonyl (C=O) groups excluding carboxylic acids is 2. The number of nitrogens with zero attached hydrogens (tertiary/aromatic N) is 2. The van der Waals surface area contributed by atoms with Crippen molar-refractivity contribution in [1.29, 1.82) is 0 Å². The lowest BCUT2D eigenvalue weighted by atomic mass is 10.2. The lowest BCUT2D eigenvalue weighted by Crippen LogP contribution is -2.27. The van der Waals surface area contributed by atoms with Crippen molar-refractivity contribution in [3.63, 3.8) is 0 Å². The average molecular weight is 463 g/mol. The molecule has 7 nitrogen and oxygen atoms in total. The van der Waals surface area contributed by atoms with Crippen molar-refractivity contribution in [3.8, 4) is 5.75 Å².